The highest BCUT2D eigenvalue weighted by Gasteiger charge is 2.18. The average Bonchev–Trinajstić information content (AvgIpc) is 2.47. The summed E-state index contributed by atoms with van der Waals surface area (Å²) in [4.78, 5) is 17.6. The molecule has 1 amide bonds. The van der Waals surface area contributed by atoms with Crippen LogP contribution in [0.1, 0.15) is 17.5 Å². The molecule has 5 nitrogen and oxygen atoms in total. The maximum Gasteiger partial charge on any atom is 0.224 e. The molecule has 0 spiro atoms. The fourth-order valence-corrected chi connectivity index (χ4v) is 2.61. The second kappa shape index (κ2) is 5.44. The SMILES string of the molecule is CN(Cc1ccncc1)c1cc2c(cc1N)NC(=O)CC2. The van der Waals surface area contributed by atoms with Gasteiger partial charge in [-0.3, -0.25) is 9.78 Å². The Balaban J connectivity index is 1.86. The van der Waals surface area contributed by atoms with Crippen LogP contribution in [-0.2, 0) is 17.8 Å². The van der Waals surface area contributed by atoms with E-state index < -0.39 is 0 Å². The second-order valence-electron chi connectivity index (χ2n) is 5.33. The van der Waals surface area contributed by atoms with Crippen LogP contribution in [0.3, 0.4) is 0 Å². The van der Waals surface area contributed by atoms with Gasteiger partial charge in [0, 0.05) is 38.1 Å². The number of carbonyl (C=O) groups is 1. The van der Waals surface area contributed by atoms with E-state index in [0.29, 0.717) is 12.1 Å². The third-order valence-corrected chi connectivity index (χ3v) is 3.73. The van der Waals surface area contributed by atoms with Crippen LogP contribution in [-0.4, -0.2) is 17.9 Å². The molecule has 2 aromatic rings. The quantitative estimate of drug-likeness (QED) is 0.846. The highest BCUT2D eigenvalue weighted by Crippen LogP contribution is 2.33. The number of hydrogen-bond donors (Lipinski definition) is 2. The van der Waals surface area contributed by atoms with Crippen LogP contribution < -0.4 is 16.0 Å². The highest BCUT2D eigenvalue weighted by atomic mass is 16.1. The Kier molecular flexibility index (Phi) is 3.48. The van der Waals surface area contributed by atoms with Crippen molar-refractivity contribution >= 4 is 23.0 Å². The summed E-state index contributed by atoms with van der Waals surface area (Å²) in [6.07, 6.45) is 4.87. The fourth-order valence-electron chi connectivity index (χ4n) is 2.61. The predicted molar refractivity (Wildman–Crippen MR) is 84.1 cm³/mol. The normalized spacial score (nSPS) is 13.5. The minimum absolute atomic E-state index is 0.0554. The van der Waals surface area contributed by atoms with Crippen LogP contribution in [0, 0.1) is 0 Å². The number of nitrogen functional groups attached to an aromatic ring is 1. The zero-order chi connectivity index (χ0) is 14.8. The lowest BCUT2D eigenvalue weighted by molar-refractivity contribution is -0.116. The van der Waals surface area contributed by atoms with Crippen molar-refractivity contribution in [3.63, 3.8) is 0 Å². The Morgan fingerprint density at radius 2 is 2.05 bits per heavy atom. The van der Waals surface area contributed by atoms with Crippen LogP contribution in [0.4, 0.5) is 17.1 Å². The number of rotatable bonds is 3. The minimum Gasteiger partial charge on any atom is -0.397 e. The Hall–Kier alpha value is -2.56. The molecule has 0 radical (unpaired) electrons. The largest absolute Gasteiger partial charge is 0.397 e. The fraction of sp³-hybridized carbons (Fsp3) is 0.250. The van der Waals surface area contributed by atoms with Crippen molar-refractivity contribution in [1.82, 2.24) is 4.98 Å². The molecule has 0 bridgehead atoms. The number of nitrogens with zero attached hydrogens (tertiary/aromatic N) is 2. The van der Waals surface area contributed by atoms with Crippen molar-refractivity contribution in [1.29, 1.82) is 0 Å². The molecule has 3 rings (SSSR count). The maximum absolute atomic E-state index is 11.4. The van der Waals surface area contributed by atoms with Gasteiger partial charge < -0.3 is 16.0 Å². The van der Waals surface area contributed by atoms with Crippen LogP contribution in [0.5, 0.6) is 0 Å². The van der Waals surface area contributed by atoms with Gasteiger partial charge in [0.15, 0.2) is 0 Å². The molecule has 1 aromatic carbocycles. The Morgan fingerprint density at radius 1 is 1.29 bits per heavy atom. The van der Waals surface area contributed by atoms with Gasteiger partial charge >= 0.3 is 0 Å². The van der Waals surface area contributed by atoms with E-state index in [2.05, 4.69) is 21.3 Å². The summed E-state index contributed by atoms with van der Waals surface area (Å²) in [6, 6.07) is 7.91. The predicted octanol–water partition coefficient (Wildman–Crippen LogP) is 2.18. The van der Waals surface area contributed by atoms with Crippen LogP contribution in [0.25, 0.3) is 0 Å². The van der Waals surface area contributed by atoms with E-state index in [1.165, 1.54) is 5.56 Å². The van der Waals surface area contributed by atoms with Gasteiger partial charge in [0.1, 0.15) is 0 Å². The lowest BCUT2D eigenvalue weighted by atomic mass is 10.0. The molecule has 2 heterocycles. The number of benzene rings is 1. The number of nitrogens with one attached hydrogen (secondary N) is 1. The third kappa shape index (κ3) is 2.81. The van der Waals surface area contributed by atoms with Gasteiger partial charge in [-0.15, -0.1) is 0 Å². The van der Waals surface area contributed by atoms with Crippen molar-refractivity contribution in [2.75, 3.05) is 23.0 Å². The number of aryl methyl sites for hydroxylation is 1. The molecule has 3 N–H and O–H groups in total. The number of anilines is 3. The smallest absolute Gasteiger partial charge is 0.224 e. The molecule has 0 aliphatic carbocycles. The number of fused-ring (bicyclic) bond motifs is 1. The molecular weight excluding hydrogens is 264 g/mol. The number of pyridine rings is 1. The number of hydrogen-bond acceptors (Lipinski definition) is 4. The first-order valence-electron chi connectivity index (χ1n) is 6.96. The first kappa shape index (κ1) is 13.4. The molecule has 0 atom stereocenters. The van der Waals surface area contributed by atoms with Crippen LogP contribution in [0.15, 0.2) is 36.7 Å². The molecule has 108 valence electrons. The third-order valence-electron chi connectivity index (χ3n) is 3.73. The molecule has 1 aliphatic rings. The van der Waals surface area contributed by atoms with Gasteiger partial charge in [0.05, 0.1) is 11.4 Å². The number of amides is 1. The molecule has 1 aromatic heterocycles. The average molecular weight is 282 g/mol. The topological polar surface area (TPSA) is 71.2 Å². The van der Waals surface area contributed by atoms with E-state index in [1.54, 1.807) is 12.4 Å². The van der Waals surface area contributed by atoms with Crippen molar-refractivity contribution in [3.8, 4) is 0 Å². The van der Waals surface area contributed by atoms with Crippen molar-refractivity contribution in [2.24, 2.45) is 0 Å². The van der Waals surface area contributed by atoms with Crippen LogP contribution in [0.2, 0.25) is 0 Å². The first-order chi connectivity index (χ1) is 10.1. The summed E-state index contributed by atoms with van der Waals surface area (Å²) in [7, 11) is 2.01. The Morgan fingerprint density at radius 3 is 2.81 bits per heavy atom. The van der Waals surface area contributed by atoms with Gasteiger partial charge in [-0.2, -0.15) is 0 Å². The first-order valence-corrected chi connectivity index (χ1v) is 6.96. The van der Waals surface area contributed by atoms with E-state index >= 15 is 0 Å². The van der Waals surface area contributed by atoms with Crippen molar-refractivity contribution in [3.05, 3.63) is 47.8 Å². The van der Waals surface area contributed by atoms with Gasteiger partial charge in [-0.25, -0.2) is 0 Å². The van der Waals surface area contributed by atoms with Gasteiger partial charge in [0.25, 0.3) is 0 Å². The lowest BCUT2D eigenvalue weighted by Gasteiger charge is -2.25. The molecule has 0 saturated carbocycles. The van der Waals surface area contributed by atoms with E-state index in [-0.39, 0.29) is 5.91 Å². The van der Waals surface area contributed by atoms with E-state index in [4.69, 9.17) is 5.73 Å². The van der Waals surface area contributed by atoms with Gasteiger partial charge in [-0.1, -0.05) is 0 Å². The number of aromatic nitrogens is 1. The van der Waals surface area contributed by atoms with E-state index in [0.717, 1.165) is 29.9 Å². The molecule has 5 heteroatoms. The second-order valence-corrected chi connectivity index (χ2v) is 5.33. The molecule has 0 unspecified atom stereocenters. The zero-order valence-corrected chi connectivity index (χ0v) is 12.0. The van der Waals surface area contributed by atoms with E-state index in [1.807, 2.05) is 25.2 Å². The standard InChI is InChI=1S/C16H18N4O/c1-20(10-11-4-6-18-7-5-11)15-8-12-2-3-16(21)19-14(12)9-13(15)17/h4-9H,2-3,10,17H2,1H3,(H,19,21). The Bertz CT molecular complexity index is 669. The minimum atomic E-state index is 0.0554. The number of carbonyl (C=O) groups excluding carboxylic acids is 1. The van der Waals surface area contributed by atoms with Crippen LogP contribution >= 0.6 is 0 Å². The molecular formula is C16H18N4O. The molecule has 0 saturated heterocycles. The van der Waals surface area contributed by atoms with Gasteiger partial charge in [-0.05, 0) is 41.8 Å². The summed E-state index contributed by atoms with van der Waals surface area (Å²) in [5.41, 5.74) is 11.0. The molecule has 21 heavy (non-hydrogen) atoms. The molecule has 1 aliphatic heterocycles. The van der Waals surface area contributed by atoms with E-state index in [9.17, 15) is 4.79 Å². The monoisotopic (exact) mass is 282 g/mol. The Labute approximate surface area is 123 Å². The maximum atomic E-state index is 11.4. The summed E-state index contributed by atoms with van der Waals surface area (Å²) < 4.78 is 0. The highest BCUT2D eigenvalue weighted by molar-refractivity contribution is 5.95. The van der Waals surface area contributed by atoms with Crippen molar-refractivity contribution < 1.29 is 4.79 Å². The molecule has 0 fully saturated rings. The summed E-state index contributed by atoms with van der Waals surface area (Å²) >= 11 is 0. The summed E-state index contributed by atoms with van der Waals surface area (Å²) in [5.74, 6) is 0.0554. The van der Waals surface area contributed by atoms with Crippen molar-refractivity contribution in [2.45, 2.75) is 19.4 Å². The zero-order valence-electron chi connectivity index (χ0n) is 12.0. The summed E-state index contributed by atoms with van der Waals surface area (Å²) in [5, 5.41) is 2.87. The lowest BCUT2D eigenvalue weighted by Crippen LogP contribution is -2.22. The number of nitrogens with two attached hydrogens (primary N) is 1. The summed E-state index contributed by atoms with van der Waals surface area (Å²) in [6.45, 7) is 0.762. The van der Waals surface area contributed by atoms with Gasteiger partial charge in [0.2, 0.25) is 5.91 Å².